The highest BCUT2D eigenvalue weighted by atomic mass is 15.2. The zero-order chi connectivity index (χ0) is 16.4. The molecule has 1 atom stereocenters. The van der Waals surface area contributed by atoms with Crippen molar-refractivity contribution in [2.45, 2.75) is 38.6 Å². The van der Waals surface area contributed by atoms with E-state index in [0.29, 0.717) is 0 Å². The second-order valence-electron chi connectivity index (χ2n) is 6.56. The van der Waals surface area contributed by atoms with Gasteiger partial charge in [-0.05, 0) is 46.7 Å². The Bertz CT molecular complexity index is 676. The standard InChI is InChI=1S/C17H26N6/c1-12-20-15-8-6-5-7-14(15)17(21-12)18-10-16(22(2)3)13-9-19-23(4)11-13/h9,11,16H,5-8,10H2,1-4H3,(H,18,20,21). The summed E-state index contributed by atoms with van der Waals surface area (Å²) in [6, 6.07) is 0.262. The van der Waals surface area contributed by atoms with Gasteiger partial charge in [-0.15, -0.1) is 0 Å². The molecule has 2 aromatic rings. The van der Waals surface area contributed by atoms with Gasteiger partial charge in [-0.1, -0.05) is 0 Å². The monoisotopic (exact) mass is 314 g/mol. The van der Waals surface area contributed by atoms with E-state index in [-0.39, 0.29) is 6.04 Å². The molecule has 3 rings (SSSR count). The van der Waals surface area contributed by atoms with Crippen molar-refractivity contribution in [1.82, 2.24) is 24.6 Å². The molecule has 0 bridgehead atoms. The molecule has 1 aliphatic rings. The minimum absolute atomic E-state index is 0.262. The van der Waals surface area contributed by atoms with Crippen molar-refractivity contribution in [1.29, 1.82) is 0 Å². The van der Waals surface area contributed by atoms with E-state index in [0.717, 1.165) is 31.0 Å². The van der Waals surface area contributed by atoms with E-state index in [1.807, 2.05) is 24.9 Å². The third kappa shape index (κ3) is 3.52. The van der Waals surface area contributed by atoms with E-state index in [1.54, 1.807) is 0 Å². The van der Waals surface area contributed by atoms with Gasteiger partial charge in [0.05, 0.1) is 12.2 Å². The predicted molar refractivity (Wildman–Crippen MR) is 91.5 cm³/mol. The molecular weight excluding hydrogens is 288 g/mol. The quantitative estimate of drug-likeness (QED) is 0.916. The van der Waals surface area contributed by atoms with Crippen LogP contribution < -0.4 is 5.32 Å². The van der Waals surface area contributed by atoms with Gasteiger partial charge in [-0.3, -0.25) is 4.68 Å². The highest BCUT2D eigenvalue weighted by Crippen LogP contribution is 2.26. The summed E-state index contributed by atoms with van der Waals surface area (Å²) in [4.78, 5) is 11.5. The van der Waals surface area contributed by atoms with Crippen LogP contribution in [0, 0.1) is 6.92 Å². The van der Waals surface area contributed by atoms with E-state index >= 15 is 0 Å². The second kappa shape index (κ2) is 6.66. The van der Waals surface area contributed by atoms with E-state index in [1.165, 1.54) is 29.7 Å². The van der Waals surface area contributed by atoms with Gasteiger partial charge in [0, 0.05) is 36.6 Å². The summed E-state index contributed by atoms with van der Waals surface area (Å²) < 4.78 is 1.85. The molecule has 6 heteroatoms. The smallest absolute Gasteiger partial charge is 0.133 e. The first kappa shape index (κ1) is 15.9. The highest BCUT2D eigenvalue weighted by molar-refractivity contribution is 5.48. The first-order valence-corrected chi connectivity index (χ1v) is 8.30. The number of aryl methyl sites for hydroxylation is 3. The summed E-state index contributed by atoms with van der Waals surface area (Å²) in [6.07, 6.45) is 8.64. The average Bonchev–Trinajstić information content (AvgIpc) is 2.93. The number of likely N-dealkylation sites (N-methyl/N-ethyl adjacent to an activating group) is 1. The molecule has 124 valence electrons. The molecule has 6 nitrogen and oxygen atoms in total. The van der Waals surface area contributed by atoms with Crippen LogP contribution >= 0.6 is 0 Å². The number of nitrogens with zero attached hydrogens (tertiary/aromatic N) is 5. The molecule has 0 fully saturated rings. The molecule has 0 radical (unpaired) electrons. The van der Waals surface area contributed by atoms with Crippen LogP contribution in [-0.4, -0.2) is 45.3 Å². The Kier molecular flexibility index (Phi) is 4.61. The molecule has 2 aromatic heterocycles. The molecule has 1 N–H and O–H groups in total. The first-order valence-electron chi connectivity index (χ1n) is 8.30. The molecule has 2 heterocycles. The van der Waals surface area contributed by atoms with E-state index in [9.17, 15) is 0 Å². The van der Waals surface area contributed by atoms with Crippen LogP contribution in [0.3, 0.4) is 0 Å². The fourth-order valence-electron chi connectivity index (χ4n) is 3.27. The number of fused-ring (bicyclic) bond motifs is 1. The average molecular weight is 314 g/mol. The van der Waals surface area contributed by atoms with Crippen molar-refractivity contribution in [2.75, 3.05) is 26.0 Å². The zero-order valence-corrected chi connectivity index (χ0v) is 14.5. The predicted octanol–water partition coefficient (Wildman–Crippen LogP) is 2.11. The number of anilines is 1. The lowest BCUT2D eigenvalue weighted by Crippen LogP contribution is -2.27. The molecule has 0 aliphatic heterocycles. The van der Waals surface area contributed by atoms with Crippen molar-refractivity contribution in [3.05, 3.63) is 35.0 Å². The molecule has 23 heavy (non-hydrogen) atoms. The Morgan fingerprint density at radius 3 is 2.74 bits per heavy atom. The molecule has 1 unspecified atom stereocenters. The SMILES string of the molecule is Cc1nc2c(c(NCC(c3cnn(C)c3)N(C)C)n1)CCCC2. The maximum absolute atomic E-state index is 4.66. The van der Waals surface area contributed by atoms with Crippen LogP contribution in [0.15, 0.2) is 12.4 Å². The Morgan fingerprint density at radius 1 is 1.26 bits per heavy atom. The molecular formula is C17H26N6. The summed E-state index contributed by atoms with van der Waals surface area (Å²) >= 11 is 0. The summed E-state index contributed by atoms with van der Waals surface area (Å²) in [7, 11) is 6.15. The maximum atomic E-state index is 4.66. The normalized spacial score (nSPS) is 15.5. The lowest BCUT2D eigenvalue weighted by atomic mass is 9.96. The summed E-state index contributed by atoms with van der Waals surface area (Å²) in [5.74, 6) is 1.87. The van der Waals surface area contributed by atoms with Crippen LogP contribution in [0.5, 0.6) is 0 Å². The summed E-state index contributed by atoms with van der Waals surface area (Å²) in [5, 5.41) is 7.87. The lowest BCUT2D eigenvalue weighted by molar-refractivity contribution is 0.311. The first-order chi connectivity index (χ1) is 11.0. The lowest BCUT2D eigenvalue weighted by Gasteiger charge is -2.25. The molecule has 0 saturated carbocycles. The Hall–Kier alpha value is -1.95. The molecule has 0 saturated heterocycles. The minimum atomic E-state index is 0.262. The summed E-state index contributed by atoms with van der Waals surface area (Å²) in [6.45, 7) is 2.78. The molecule has 0 aromatic carbocycles. The van der Waals surface area contributed by atoms with Gasteiger partial charge < -0.3 is 10.2 Å². The highest BCUT2D eigenvalue weighted by Gasteiger charge is 2.20. The van der Waals surface area contributed by atoms with Crippen LogP contribution in [0.1, 0.15) is 41.5 Å². The van der Waals surface area contributed by atoms with Gasteiger partial charge in [-0.2, -0.15) is 5.10 Å². The van der Waals surface area contributed by atoms with Gasteiger partial charge in [0.15, 0.2) is 0 Å². The fraction of sp³-hybridized carbons (Fsp3) is 0.588. The van der Waals surface area contributed by atoms with E-state index in [4.69, 9.17) is 0 Å². The van der Waals surface area contributed by atoms with Crippen molar-refractivity contribution in [2.24, 2.45) is 7.05 Å². The molecule has 1 aliphatic carbocycles. The zero-order valence-electron chi connectivity index (χ0n) is 14.5. The second-order valence-corrected chi connectivity index (χ2v) is 6.56. The topological polar surface area (TPSA) is 58.9 Å². The number of nitrogens with one attached hydrogen (secondary N) is 1. The van der Waals surface area contributed by atoms with E-state index < -0.39 is 0 Å². The third-order valence-electron chi connectivity index (χ3n) is 4.49. The number of hydrogen-bond donors (Lipinski definition) is 1. The molecule has 0 amide bonds. The van der Waals surface area contributed by atoms with Gasteiger partial charge in [0.25, 0.3) is 0 Å². The van der Waals surface area contributed by atoms with Crippen LogP contribution in [0.25, 0.3) is 0 Å². The summed E-state index contributed by atoms with van der Waals surface area (Å²) in [5.41, 5.74) is 3.75. The van der Waals surface area contributed by atoms with Gasteiger partial charge in [-0.25, -0.2) is 9.97 Å². The van der Waals surface area contributed by atoms with Crippen molar-refractivity contribution < 1.29 is 0 Å². The van der Waals surface area contributed by atoms with Crippen LogP contribution in [-0.2, 0) is 19.9 Å². The van der Waals surface area contributed by atoms with Crippen LogP contribution in [0.4, 0.5) is 5.82 Å². The van der Waals surface area contributed by atoms with Crippen LogP contribution in [0.2, 0.25) is 0 Å². The van der Waals surface area contributed by atoms with Gasteiger partial charge in [0.2, 0.25) is 0 Å². The molecule has 0 spiro atoms. The van der Waals surface area contributed by atoms with Crippen molar-refractivity contribution >= 4 is 5.82 Å². The minimum Gasteiger partial charge on any atom is -0.368 e. The maximum Gasteiger partial charge on any atom is 0.133 e. The van der Waals surface area contributed by atoms with E-state index in [2.05, 4.69) is 45.6 Å². The third-order valence-corrected chi connectivity index (χ3v) is 4.49. The van der Waals surface area contributed by atoms with Gasteiger partial charge in [0.1, 0.15) is 11.6 Å². The number of hydrogen-bond acceptors (Lipinski definition) is 5. The number of rotatable bonds is 5. The Labute approximate surface area is 137 Å². The van der Waals surface area contributed by atoms with Gasteiger partial charge >= 0.3 is 0 Å². The van der Waals surface area contributed by atoms with Crippen molar-refractivity contribution in [3.8, 4) is 0 Å². The van der Waals surface area contributed by atoms with Crippen molar-refractivity contribution in [3.63, 3.8) is 0 Å². The Morgan fingerprint density at radius 2 is 2.04 bits per heavy atom. The Balaban J connectivity index is 1.80. The number of aromatic nitrogens is 4. The fourth-order valence-corrected chi connectivity index (χ4v) is 3.27. The largest absolute Gasteiger partial charge is 0.368 e.